The molecule has 0 N–H and O–H groups in total. The number of ether oxygens (including phenoxy) is 1. The van der Waals surface area contributed by atoms with Crippen molar-refractivity contribution in [1.82, 2.24) is 4.98 Å². The Labute approximate surface area is 100 Å². The second-order valence-electron chi connectivity index (χ2n) is 3.74. The Morgan fingerprint density at radius 3 is 2.53 bits per heavy atom. The lowest BCUT2D eigenvalue weighted by atomic mass is 10.0. The van der Waals surface area contributed by atoms with Crippen LogP contribution in [0.3, 0.4) is 0 Å². The molecule has 0 aliphatic rings. The maximum absolute atomic E-state index is 12.2. The van der Waals surface area contributed by atoms with Gasteiger partial charge >= 0.3 is 0 Å². The minimum Gasteiger partial charge on any atom is -0.481 e. The first-order valence-corrected chi connectivity index (χ1v) is 5.33. The van der Waals surface area contributed by atoms with Gasteiger partial charge in [-0.3, -0.25) is 4.79 Å². The summed E-state index contributed by atoms with van der Waals surface area (Å²) >= 11 is 0. The van der Waals surface area contributed by atoms with Crippen LogP contribution in [0.1, 0.15) is 21.5 Å². The Balaban J connectivity index is 2.38. The molecule has 0 saturated heterocycles. The number of ketones is 1. The largest absolute Gasteiger partial charge is 0.481 e. The minimum atomic E-state index is -0.0155. The van der Waals surface area contributed by atoms with Gasteiger partial charge in [-0.05, 0) is 12.5 Å². The number of benzene rings is 1. The zero-order valence-electron chi connectivity index (χ0n) is 9.81. The average molecular weight is 227 g/mol. The fourth-order valence-electron chi connectivity index (χ4n) is 1.62. The highest BCUT2D eigenvalue weighted by molar-refractivity contribution is 6.09. The van der Waals surface area contributed by atoms with Crippen LogP contribution in [0.25, 0.3) is 0 Å². The van der Waals surface area contributed by atoms with Gasteiger partial charge in [0.15, 0.2) is 5.78 Å². The van der Waals surface area contributed by atoms with Crippen molar-refractivity contribution in [3.63, 3.8) is 0 Å². The van der Waals surface area contributed by atoms with Crippen LogP contribution >= 0.6 is 0 Å². The fourth-order valence-corrected chi connectivity index (χ4v) is 1.62. The van der Waals surface area contributed by atoms with Crippen molar-refractivity contribution in [3.8, 4) is 5.88 Å². The molecule has 0 aliphatic carbocycles. The highest BCUT2D eigenvalue weighted by atomic mass is 16.5. The third-order valence-corrected chi connectivity index (χ3v) is 2.58. The third-order valence-electron chi connectivity index (χ3n) is 2.58. The first kappa shape index (κ1) is 11.3. The molecule has 0 atom stereocenters. The minimum absolute atomic E-state index is 0.0155. The molecule has 0 bridgehead atoms. The van der Waals surface area contributed by atoms with Crippen molar-refractivity contribution in [1.29, 1.82) is 0 Å². The number of nitrogens with zero attached hydrogens (tertiary/aromatic N) is 1. The van der Waals surface area contributed by atoms with Gasteiger partial charge in [-0.25, -0.2) is 4.98 Å². The summed E-state index contributed by atoms with van der Waals surface area (Å²) in [6, 6.07) is 10.9. The smallest absolute Gasteiger partial charge is 0.213 e. The van der Waals surface area contributed by atoms with Crippen molar-refractivity contribution in [2.75, 3.05) is 7.11 Å². The van der Waals surface area contributed by atoms with Crippen LogP contribution < -0.4 is 4.74 Å². The molecule has 0 fully saturated rings. The van der Waals surface area contributed by atoms with E-state index in [-0.39, 0.29) is 5.78 Å². The number of hydrogen-bond donors (Lipinski definition) is 0. The first-order chi connectivity index (χ1) is 8.22. The van der Waals surface area contributed by atoms with E-state index in [2.05, 4.69) is 4.98 Å². The molecular formula is C14H13NO2. The number of pyridine rings is 1. The summed E-state index contributed by atoms with van der Waals surface area (Å²) in [5.41, 5.74) is 2.14. The van der Waals surface area contributed by atoms with Gasteiger partial charge in [0.05, 0.1) is 7.11 Å². The van der Waals surface area contributed by atoms with Gasteiger partial charge in [-0.15, -0.1) is 0 Å². The molecule has 17 heavy (non-hydrogen) atoms. The summed E-state index contributed by atoms with van der Waals surface area (Å²) < 4.78 is 5.01. The van der Waals surface area contributed by atoms with E-state index in [4.69, 9.17) is 4.74 Å². The molecule has 1 aromatic carbocycles. The number of aryl methyl sites for hydroxylation is 1. The van der Waals surface area contributed by atoms with E-state index in [9.17, 15) is 4.79 Å². The van der Waals surface area contributed by atoms with Crippen LogP contribution in [0.4, 0.5) is 0 Å². The number of aromatic nitrogens is 1. The molecule has 0 saturated carbocycles. The maximum atomic E-state index is 12.2. The van der Waals surface area contributed by atoms with Gasteiger partial charge in [0.2, 0.25) is 5.88 Å². The van der Waals surface area contributed by atoms with Crippen LogP contribution in [0, 0.1) is 6.92 Å². The van der Waals surface area contributed by atoms with Gasteiger partial charge in [0, 0.05) is 23.4 Å². The summed E-state index contributed by atoms with van der Waals surface area (Å²) in [5, 5.41) is 0. The number of rotatable bonds is 3. The van der Waals surface area contributed by atoms with Crippen LogP contribution in [0.15, 0.2) is 42.6 Å². The second-order valence-corrected chi connectivity index (χ2v) is 3.74. The molecule has 0 aliphatic heterocycles. The standard InChI is InChI=1S/C14H13NO2/c1-10-8-13(17-2)15-9-12(10)14(16)11-6-4-3-5-7-11/h3-9H,1-2H3. The third kappa shape index (κ3) is 2.33. The molecular weight excluding hydrogens is 214 g/mol. The monoisotopic (exact) mass is 227 g/mol. The van der Waals surface area contributed by atoms with Gasteiger partial charge in [-0.1, -0.05) is 30.3 Å². The van der Waals surface area contributed by atoms with Crippen LogP contribution in [-0.4, -0.2) is 17.9 Å². The first-order valence-electron chi connectivity index (χ1n) is 5.33. The molecule has 3 nitrogen and oxygen atoms in total. The lowest BCUT2D eigenvalue weighted by Gasteiger charge is -2.06. The molecule has 3 heteroatoms. The summed E-state index contributed by atoms with van der Waals surface area (Å²) in [6.45, 7) is 1.88. The number of hydrogen-bond acceptors (Lipinski definition) is 3. The number of methoxy groups -OCH3 is 1. The summed E-state index contributed by atoms with van der Waals surface area (Å²) in [4.78, 5) is 16.2. The van der Waals surface area contributed by atoms with Gasteiger partial charge in [-0.2, -0.15) is 0 Å². The van der Waals surface area contributed by atoms with Crippen LogP contribution in [0.2, 0.25) is 0 Å². The molecule has 0 amide bonds. The highest BCUT2D eigenvalue weighted by Crippen LogP contribution is 2.16. The lowest BCUT2D eigenvalue weighted by Crippen LogP contribution is -2.04. The quantitative estimate of drug-likeness (QED) is 0.757. The zero-order chi connectivity index (χ0) is 12.3. The Morgan fingerprint density at radius 1 is 1.24 bits per heavy atom. The zero-order valence-corrected chi connectivity index (χ0v) is 9.81. The molecule has 86 valence electrons. The Morgan fingerprint density at radius 2 is 1.94 bits per heavy atom. The van der Waals surface area contributed by atoms with Crippen molar-refractivity contribution in [2.24, 2.45) is 0 Å². The average Bonchev–Trinajstić information content (AvgIpc) is 2.39. The van der Waals surface area contributed by atoms with E-state index in [1.54, 1.807) is 31.5 Å². The predicted molar refractivity (Wildman–Crippen MR) is 65.4 cm³/mol. The molecule has 0 spiro atoms. The second kappa shape index (κ2) is 4.78. The molecule has 2 rings (SSSR count). The topological polar surface area (TPSA) is 39.2 Å². The summed E-state index contributed by atoms with van der Waals surface area (Å²) in [6.07, 6.45) is 1.56. The molecule has 0 unspecified atom stereocenters. The Kier molecular flexibility index (Phi) is 3.19. The van der Waals surface area contributed by atoms with Crippen LogP contribution in [-0.2, 0) is 0 Å². The fraction of sp³-hybridized carbons (Fsp3) is 0.143. The summed E-state index contributed by atoms with van der Waals surface area (Å²) in [5.74, 6) is 0.505. The number of carbonyl (C=O) groups excluding carboxylic acids is 1. The van der Waals surface area contributed by atoms with Crippen LogP contribution in [0.5, 0.6) is 5.88 Å². The Hall–Kier alpha value is -2.16. The number of carbonyl (C=O) groups is 1. The van der Waals surface area contributed by atoms with E-state index in [1.807, 2.05) is 25.1 Å². The Bertz CT molecular complexity index is 535. The van der Waals surface area contributed by atoms with Gasteiger partial charge < -0.3 is 4.74 Å². The van der Waals surface area contributed by atoms with E-state index in [0.717, 1.165) is 5.56 Å². The van der Waals surface area contributed by atoms with Crippen molar-refractivity contribution in [3.05, 3.63) is 59.3 Å². The van der Waals surface area contributed by atoms with E-state index >= 15 is 0 Å². The summed E-state index contributed by atoms with van der Waals surface area (Å²) in [7, 11) is 1.56. The predicted octanol–water partition coefficient (Wildman–Crippen LogP) is 2.63. The molecule has 2 aromatic rings. The van der Waals surface area contributed by atoms with E-state index in [0.29, 0.717) is 17.0 Å². The molecule has 0 radical (unpaired) electrons. The lowest BCUT2D eigenvalue weighted by molar-refractivity contribution is 0.103. The molecule has 1 aromatic heterocycles. The van der Waals surface area contributed by atoms with Crippen molar-refractivity contribution < 1.29 is 9.53 Å². The molecule has 1 heterocycles. The van der Waals surface area contributed by atoms with E-state index < -0.39 is 0 Å². The van der Waals surface area contributed by atoms with Gasteiger partial charge in [0.1, 0.15) is 0 Å². The normalized spacial score (nSPS) is 10.0. The van der Waals surface area contributed by atoms with Crippen molar-refractivity contribution >= 4 is 5.78 Å². The SMILES string of the molecule is COc1cc(C)c(C(=O)c2ccccc2)cn1. The van der Waals surface area contributed by atoms with Gasteiger partial charge in [0.25, 0.3) is 0 Å². The highest BCUT2D eigenvalue weighted by Gasteiger charge is 2.12. The maximum Gasteiger partial charge on any atom is 0.213 e. The van der Waals surface area contributed by atoms with E-state index in [1.165, 1.54) is 0 Å². The van der Waals surface area contributed by atoms with Crippen molar-refractivity contribution in [2.45, 2.75) is 6.92 Å².